The van der Waals surface area contributed by atoms with Crippen LogP contribution in [0.5, 0.6) is 0 Å². The molecule has 1 aromatic carbocycles. The van der Waals surface area contributed by atoms with Crippen LogP contribution in [-0.4, -0.2) is 24.0 Å². The van der Waals surface area contributed by atoms with Crippen molar-refractivity contribution in [3.63, 3.8) is 0 Å². The molecule has 2 aromatic rings. The highest BCUT2D eigenvalue weighted by atomic mass is 16.3. The van der Waals surface area contributed by atoms with E-state index >= 15 is 0 Å². The van der Waals surface area contributed by atoms with E-state index in [4.69, 9.17) is 9.52 Å². The number of rotatable bonds is 5. The van der Waals surface area contributed by atoms with E-state index in [1.165, 1.54) is 0 Å². The second-order valence-electron chi connectivity index (χ2n) is 5.87. The zero-order valence-corrected chi connectivity index (χ0v) is 13.7. The Morgan fingerprint density at radius 2 is 2.04 bits per heavy atom. The lowest BCUT2D eigenvalue weighted by molar-refractivity contribution is -0.111. The Labute approximate surface area is 141 Å². The van der Waals surface area contributed by atoms with Gasteiger partial charge in [0, 0.05) is 23.7 Å². The van der Waals surface area contributed by atoms with Crippen LogP contribution in [0.1, 0.15) is 30.6 Å². The topological polar surface area (TPSA) is 62.5 Å². The summed E-state index contributed by atoms with van der Waals surface area (Å²) in [6.45, 7) is 2.35. The molecule has 1 atom stereocenters. The molecule has 124 valence electrons. The Morgan fingerprint density at radius 1 is 1.25 bits per heavy atom. The van der Waals surface area contributed by atoms with Crippen molar-refractivity contribution >= 4 is 11.4 Å². The van der Waals surface area contributed by atoms with Gasteiger partial charge in [-0.1, -0.05) is 30.3 Å². The zero-order chi connectivity index (χ0) is 16.9. The number of carbonyl (C=O) groups excluding carboxylic acids is 1. The van der Waals surface area contributed by atoms with Crippen LogP contribution >= 0.6 is 0 Å². The molecule has 0 spiro atoms. The van der Waals surface area contributed by atoms with E-state index in [1.54, 1.807) is 12.3 Å². The molecule has 4 nitrogen and oxygen atoms in total. The highest BCUT2D eigenvalue weighted by molar-refractivity contribution is 6.11. The summed E-state index contributed by atoms with van der Waals surface area (Å²) in [5, 5.41) is 12.2. The van der Waals surface area contributed by atoms with E-state index in [-0.39, 0.29) is 18.3 Å². The minimum Gasteiger partial charge on any atom is -0.465 e. The van der Waals surface area contributed by atoms with E-state index in [0.717, 1.165) is 28.2 Å². The summed E-state index contributed by atoms with van der Waals surface area (Å²) in [4.78, 5) is 12.8. The molecule has 4 heteroatoms. The normalized spacial score (nSPS) is 19.8. The van der Waals surface area contributed by atoms with Gasteiger partial charge >= 0.3 is 0 Å². The molecular formula is C20H21NO3. The van der Waals surface area contributed by atoms with Crippen LogP contribution in [-0.2, 0) is 4.79 Å². The minimum absolute atomic E-state index is 0.00978. The summed E-state index contributed by atoms with van der Waals surface area (Å²) in [7, 11) is 0. The Bertz CT molecular complexity index is 757. The zero-order valence-electron chi connectivity index (χ0n) is 13.7. The molecule has 1 heterocycles. The van der Waals surface area contributed by atoms with Gasteiger partial charge in [-0.2, -0.15) is 0 Å². The van der Waals surface area contributed by atoms with Crippen molar-refractivity contribution in [1.82, 2.24) is 5.32 Å². The second-order valence-corrected chi connectivity index (χ2v) is 5.87. The van der Waals surface area contributed by atoms with Crippen LogP contribution in [0.4, 0.5) is 0 Å². The van der Waals surface area contributed by atoms with Gasteiger partial charge in [0.05, 0.1) is 12.9 Å². The summed E-state index contributed by atoms with van der Waals surface area (Å²) < 4.78 is 5.48. The molecule has 0 bridgehead atoms. The van der Waals surface area contributed by atoms with Gasteiger partial charge < -0.3 is 14.8 Å². The van der Waals surface area contributed by atoms with Crippen LogP contribution in [0, 0.1) is 0 Å². The fraction of sp³-hybridized carbons (Fsp3) is 0.250. The van der Waals surface area contributed by atoms with Gasteiger partial charge in [0.2, 0.25) is 0 Å². The highest BCUT2D eigenvalue weighted by Crippen LogP contribution is 2.40. The first-order chi connectivity index (χ1) is 11.7. The van der Waals surface area contributed by atoms with Crippen molar-refractivity contribution in [3.8, 4) is 0 Å². The molecule has 0 saturated heterocycles. The number of nitrogens with one attached hydrogen (secondary N) is 1. The average Bonchev–Trinajstić information content (AvgIpc) is 3.14. The van der Waals surface area contributed by atoms with Crippen molar-refractivity contribution in [1.29, 1.82) is 0 Å². The van der Waals surface area contributed by atoms with Gasteiger partial charge in [0.25, 0.3) is 0 Å². The van der Waals surface area contributed by atoms with Crippen LogP contribution < -0.4 is 5.32 Å². The largest absolute Gasteiger partial charge is 0.465 e. The third kappa shape index (κ3) is 3.34. The molecule has 0 radical (unpaired) electrons. The third-order valence-corrected chi connectivity index (χ3v) is 4.29. The average molecular weight is 323 g/mol. The van der Waals surface area contributed by atoms with Gasteiger partial charge in [-0.15, -0.1) is 0 Å². The van der Waals surface area contributed by atoms with E-state index in [0.29, 0.717) is 13.0 Å². The maximum absolute atomic E-state index is 12.8. The monoisotopic (exact) mass is 323 g/mol. The first-order valence-corrected chi connectivity index (χ1v) is 8.10. The standard InChI is InChI=1S/C20H21NO3/c1-14(21-9-10-22)20-17(15-6-3-2-4-7-15)12-16(13-18(20)23)19-8-5-11-24-19/h2-8,11,13,17,21-22H,9-10,12H2,1H3. The lowest BCUT2D eigenvalue weighted by Gasteiger charge is -2.27. The number of hydrogen-bond acceptors (Lipinski definition) is 4. The molecule has 1 aromatic heterocycles. The van der Waals surface area contributed by atoms with Gasteiger partial charge in [-0.25, -0.2) is 0 Å². The lowest BCUT2D eigenvalue weighted by Crippen LogP contribution is -2.24. The van der Waals surface area contributed by atoms with Gasteiger partial charge in [-0.05, 0) is 42.7 Å². The predicted octanol–water partition coefficient (Wildman–Crippen LogP) is 3.28. The number of benzene rings is 1. The van der Waals surface area contributed by atoms with Crippen molar-refractivity contribution in [3.05, 3.63) is 77.4 Å². The maximum atomic E-state index is 12.8. The number of aliphatic hydroxyl groups excluding tert-OH is 1. The predicted molar refractivity (Wildman–Crippen MR) is 93.3 cm³/mol. The van der Waals surface area contributed by atoms with Crippen LogP contribution in [0.3, 0.4) is 0 Å². The van der Waals surface area contributed by atoms with Crippen LogP contribution in [0.25, 0.3) is 5.57 Å². The van der Waals surface area contributed by atoms with Crippen LogP contribution in [0.2, 0.25) is 0 Å². The summed E-state index contributed by atoms with van der Waals surface area (Å²) in [5.74, 6) is 0.698. The van der Waals surface area contributed by atoms with Gasteiger partial charge in [0.15, 0.2) is 5.78 Å². The number of carbonyl (C=O) groups is 1. The summed E-state index contributed by atoms with van der Waals surface area (Å²) in [5.41, 5.74) is 3.59. The number of allylic oxidation sites excluding steroid dienone is 4. The summed E-state index contributed by atoms with van der Waals surface area (Å²) >= 11 is 0. The van der Waals surface area contributed by atoms with Crippen molar-refractivity contribution in [2.45, 2.75) is 19.3 Å². The molecule has 0 fully saturated rings. The van der Waals surface area contributed by atoms with Crippen LogP contribution in [0.15, 0.2) is 70.5 Å². The van der Waals surface area contributed by atoms with E-state index in [9.17, 15) is 4.79 Å². The number of furan rings is 1. The maximum Gasteiger partial charge on any atom is 0.184 e. The van der Waals surface area contributed by atoms with E-state index in [2.05, 4.69) is 5.32 Å². The first kappa shape index (κ1) is 16.3. The van der Waals surface area contributed by atoms with Crippen molar-refractivity contribution in [2.75, 3.05) is 13.2 Å². The fourth-order valence-electron chi connectivity index (χ4n) is 3.18. The minimum atomic E-state index is -0.0324. The first-order valence-electron chi connectivity index (χ1n) is 8.10. The molecule has 1 aliphatic carbocycles. The molecule has 1 aliphatic rings. The molecule has 0 saturated carbocycles. The Balaban J connectivity index is 2.03. The number of hydrogen-bond donors (Lipinski definition) is 2. The summed E-state index contributed by atoms with van der Waals surface area (Å²) in [6.07, 6.45) is 3.99. The molecule has 0 amide bonds. The van der Waals surface area contributed by atoms with Crippen molar-refractivity contribution in [2.24, 2.45) is 0 Å². The summed E-state index contributed by atoms with van der Waals surface area (Å²) in [6, 6.07) is 13.7. The smallest absolute Gasteiger partial charge is 0.184 e. The van der Waals surface area contributed by atoms with Crippen molar-refractivity contribution < 1.29 is 14.3 Å². The molecule has 24 heavy (non-hydrogen) atoms. The number of ketones is 1. The molecular weight excluding hydrogens is 302 g/mol. The number of aliphatic hydroxyl groups is 1. The Morgan fingerprint density at radius 3 is 2.71 bits per heavy atom. The molecule has 2 N–H and O–H groups in total. The van der Waals surface area contributed by atoms with E-state index < -0.39 is 0 Å². The quantitative estimate of drug-likeness (QED) is 0.829. The van der Waals surface area contributed by atoms with Gasteiger partial charge in [0.1, 0.15) is 5.76 Å². The molecule has 1 unspecified atom stereocenters. The Kier molecular flexibility index (Phi) is 4.96. The van der Waals surface area contributed by atoms with E-state index in [1.807, 2.05) is 49.4 Å². The van der Waals surface area contributed by atoms with Gasteiger partial charge in [-0.3, -0.25) is 4.79 Å². The molecule has 0 aliphatic heterocycles. The highest BCUT2D eigenvalue weighted by Gasteiger charge is 2.30. The Hall–Kier alpha value is -2.59. The third-order valence-electron chi connectivity index (χ3n) is 4.29. The lowest BCUT2D eigenvalue weighted by atomic mass is 9.77. The second kappa shape index (κ2) is 7.32. The fourth-order valence-corrected chi connectivity index (χ4v) is 3.18. The molecule has 3 rings (SSSR count). The SMILES string of the molecule is CC(NCCO)=C1C(=O)C=C(c2ccco2)CC1c1ccccc1.